The number of H-pyrrole nitrogens is 1. The molecule has 0 aliphatic carbocycles. The molecule has 0 aliphatic rings. The Balaban J connectivity index is 2.34. The number of hydrogen-bond donors (Lipinski definition) is 2. The fraction of sp³-hybridized carbons (Fsp3) is 0.273. The van der Waals surface area contributed by atoms with Crippen LogP contribution in [0.4, 0.5) is 0 Å². The lowest BCUT2D eigenvalue weighted by atomic mass is 10.2. The fourth-order valence-corrected chi connectivity index (χ4v) is 2.50. The van der Waals surface area contributed by atoms with Crippen LogP contribution in [0.25, 0.3) is 10.8 Å². The summed E-state index contributed by atoms with van der Waals surface area (Å²) in [5, 5.41) is 2.78. The molecule has 0 bridgehead atoms. The average molecular weight is 351 g/mol. The molecule has 0 fully saturated rings. The van der Waals surface area contributed by atoms with Crippen molar-refractivity contribution in [2.75, 3.05) is 13.2 Å². The van der Waals surface area contributed by atoms with Crippen molar-refractivity contribution in [1.82, 2.24) is 4.98 Å². The van der Waals surface area contributed by atoms with Crippen LogP contribution < -0.4 is 10.5 Å². The Bertz CT molecular complexity index is 498. The van der Waals surface area contributed by atoms with Gasteiger partial charge in [-0.3, -0.25) is 0 Å². The van der Waals surface area contributed by atoms with Crippen molar-refractivity contribution in [2.45, 2.75) is 6.42 Å². The third kappa shape index (κ3) is 2.28. The number of aromatic nitrogens is 1. The Morgan fingerprint density at radius 2 is 2.12 bits per heavy atom. The molecule has 0 aliphatic heterocycles. The molecule has 1 aromatic heterocycles. The van der Waals surface area contributed by atoms with Crippen molar-refractivity contribution in [1.29, 1.82) is 0 Å². The van der Waals surface area contributed by atoms with Gasteiger partial charge in [0, 0.05) is 26.7 Å². The van der Waals surface area contributed by atoms with Gasteiger partial charge < -0.3 is 15.5 Å². The minimum atomic E-state index is 0.599. The highest BCUT2D eigenvalue weighted by Gasteiger charge is 2.10. The smallest absolute Gasteiger partial charge is 0.139 e. The van der Waals surface area contributed by atoms with Crippen LogP contribution in [0.1, 0.15) is 6.42 Å². The van der Waals surface area contributed by atoms with Crippen LogP contribution in [0.15, 0.2) is 18.5 Å². The summed E-state index contributed by atoms with van der Waals surface area (Å²) in [5.74, 6) is 0.728. The second-order valence-corrected chi connectivity index (χ2v) is 4.98. The van der Waals surface area contributed by atoms with Crippen LogP contribution >= 0.6 is 34.2 Å². The second-order valence-electron chi connectivity index (χ2n) is 3.44. The van der Waals surface area contributed by atoms with Crippen LogP contribution in [-0.4, -0.2) is 18.1 Å². The predicted molar refractivity (Wildman–Crippen MR) is 75.2 cm³/mol. The van der Waals surface area contributed by atoms with E-state index in [1.165, 1.54) is 0 Å². The third-order valence-electron chi connectivity index (χ3n) is 2.32. The third-order valence-corrected chi connectivity index (χ3v) is 3.60. The van der Waals surface area contributed by atoms with Gasteiger partial charge in [0.05, 0.1) is 11.6 Å². The first-order chi connectivity index (χ1) is 7.74. The summed E-state index contributed by atoms with van der Waals surface area (Å²) in [7, 11) is 0. The molecule has 5 heteroatoms. The van der Waals surface area contributed by atoms with E-state index < -0.39 is 0 Å². The molecule has 0 spiro atoms. The topological polar surface area (TPSA) is 51.0 Å². The number of hydrogen-bond acceptors (Lipinski definition) is 2. The zero-order valence-corrected chi connectivity index (χ0v) is 11.5. The molecule has 16 heavy (non-hydrogen) atoms. The lowest BCUT2D eigenvalue weighted by Gasteiger charge is -2.09. The van der Waals surface area contributed by atoms with E-state index in [4.69, 9.17) is 22.1 Å². The lowest BCUT2D eigenvalue weighted by molar-refractivity contribution is 0.314. The van der Waals surface area contributed by atoms with Crippen LogP contribution in [0, 0.1) is 3.57 Å². The van der Waals surface area contributed by atoms with Crippen molar-refractivity contribution < 1.29 is 4.74 Å². The minimum Gasteiger partial charge on any atom is -0.492 e. The van der Waals surface area contributed by atoms with E-state index in [2.05, 4.69) is 27.6 Å². The molecular formula is C11H12ClIN2O. The second kappa shape index (κ2) is 5.25. The van der Waals surface area contributed by atoms with Gasteiger partial charge in [0.15, 0.2) is 0 Å². The number of aromatic amines is 1. The number of rotatable bonds is 4. The summed E-state index contributed by atoms with van der Waals surface area (Å²) in [6, 6.07) is 1.95. The van der Waals surface area contributed by atoms with E-state index in [1.54, 1.807) is 0 Å². The standard InChI is InChI=1S/C11H12ClIN2O/c12-11-8-6-15-5-7(8)9(13)4-10(11)16-3-1-2-14/h4-6,15H,1-3,14H2. The maximum atomic E-state index is 6.25. The average Bonchev–Trinajstić information content (AvgIpc) is 2.75. The van der Waals surface area contributed by atoms with Gasteiger partial charge in [0.25, 0.3) is 0 Å². The highest BCUT2D eigenvalue weighted by molar-refractivity contribution is 14.1. The summed E-state index contributed by atoms with van der Waals surface area (Å²) < 4.78 is 6.73. The molecule has 0 amide bonds. The molecule has 3 nitrogen and oxygen atoms in total. The first-order valence-corrected chi connectivity index (χ1v) is 6.47. The molecule has 0 saturated carbocycles. The fourth-order valence-electron chi connectivity index (χ4n) is 1.50. The van der Waals surface area contributed by atoms with Crippen molar-refractivity contribution in [3.05, 3.63) is 27.1 Å². The van der Waals surface area contributed by atoms with Gasteiger partial charge in [-0.05, 0) is 41.6 Å². The molecule has 0 atom stereocenters. The van der Waals surface area contributed by atoms with Gasteiger partial charge in [-0.2, -0.15) is 0 Å². The molecule has 2 aromatic rings. The summed E-state index contributed by atoms with van der Waals surface area (Å²) in [6.07, 6.45) is 4.65. The number of fused-ring (bicyclic) bond motifs is 1. The van der Waals surface area contributed by atoms with Crippen LogP contribution in [-0.2, 0) is 0 Å². The first-order valence-electron chi connectivity index (χ1n) is 5.01. The van der Waals surface area contributed by atoms with Crippen molar-refractivity contribution in [2.24, 2.45) is 5.73 Å². The molecule has 0 saturated heterocycles. The Kier molecular flexibility index (Phi) is 3.94. The molecular weight excluding hydrogens is 338 g/mol. The minimum absolute atomic E-state index is 0.599. The molecule has 3 N–H and O–H groups in total. The molecule has 0 radical (unpaired) electrons. The molecule has 1 aromatic carbocycles. The summed E-state index contributed by atoms with van der Waals surface area (Å²) >= 11 is 8.53. The number of ether oxygens (including phenoxy) is 1. The monoisotopic (exact) mass is 350 g/mol. The van der Waals surface area contributed by atoms with Gasteiger partial charge >= 0.3 is 0 Å². The maximum Gasteiger partial charge on any atom is 0.139 e. The predicted octanol–water partition coefficient (Wildman–Crippen LogP) is 3.15. The number of nitrogens with one attached hydrogen (secondary N) is 1. The summed E-state index contributed by atoms with van der Waals surface area (Å²) in [6.45, 7) is 1.23. The van der Waals surface area contributed by atoms with Crippen LogP contribution in [0.3, 0.4) is 0 Å². The number of halogens is 2. The maximum absolute atomic E-state index is 6.25. The molecule has 86 valence electrons. The molecule has 1 heterocycles. The van der Waals surface area contributed by atoms with E-state index in [0.29, 0.717) is 18.2 Å². The molecule has 2 rings (SSSR count). The van der Waals surface area contributed by atoms with Gasteiger partial charge in [-0.25, -0.2) is 0 Å². The summed E-state index contributed by atoms with van der Waals surface area (Å²) in [4.78, 5) is 3.05. The zero-order valence-electron chi connectivity index (χ0n) is 8.59. The van der Waals surface area contributed by atoms with Crippen molar-refractivity contribution in [3.8, 4) is 5.75 Å². The Labute approximate surface area is 112 Å². The highest BCUT2D eigenvalue weighted by atomic mass is 127. The van der Waals surface area contributed by atoms with E-state index in [-0.39, 0.29) is 0 Å². The normalized spacial score (nSPS) is 10.9. The van der Waals surface area contributed by atoms with Gasteiger partial charge in [0.2, 0.25) is 0 Å². The van der Waals surface area contributed by atoms with Gasteiger partial charge in [-0.15, -0.1) is 0 Å². The lowest BCUT2D eigenvalue weighted by Crippen LogP contribution is -2.06. The highest BCUT2D eigenvalue weighted by Crippen LogP contribution is 2.35. The Morgan fingerprint density at radius 3 is 2.88 bits per heavy atom. The SMILES string of the molecule is NCCCOc1cc(I)c2c[nH]cc2c1Cl. The van der Waals surface area contributed by atoms with Gasteiger partial charge in [-0.1, -0.05) is 11.6 Å². The van der Waals surface area contributed by atoms with Crippen molar-refractivity contribution >= 4 is 45.0 Å². The zero-order chi connectivity index (χ0) is 11.5. The first kappa shape index (κ1) is 12.0. The Hall–Kier alpha value is -0.460. The number of benzene rings is 1. The summed E-state index contributed by atoms with van der Waals surface area (Å²) in [5.41, 5.74) is 5.42. The Morgan fingerprint density at radius 1 is 1.38 bits per heavy atom. The van der Waals surface area contributed by atoms with E-state index >= 15 is 0 Å². The van der Waals surface area contributed by atoms with Crippen LogP contribution in [0.2, 0.25) is 5.02 Å². The molecule has 0 unspecified atom stereocenters. The van der Waals surface area contributed by atoms with E-state index in [0.717, 1.165) is 26.5 Å². The van der Waals surface area contributed by atoms with Crippen LogP contribution in [0.5, 0.6) is 5.75 Å². The largest absolute Gasteiger partial charge is 0.492 e. The quantitative estimate of drug-likeness (QED) is 0.657. The number of nitrogens with two attached hydrogens (primary N) is 1. The van der Waals surface area contributed by atoms with E-state index in [1.807, 2.05) is 18.5 Å². The van der Waals surface area contributed by atoms with E-state index in [9.17, 15) is 0 Å². The van der Waals surface area contributed by atoms with Crippen molar-refractivity contribution in [3.63, 3.8) is 0 Å². The van der Waals surface area contributed by atoms with Gasteiger partial charge in [0.1, 0.15) is 5.75 Å².